The second-order valence-electron chi connectivity index (χ2n) is 4.50. The standard InChI is InChI=1S/C14H11ClFNOS/c15-10-7-9(4-5-11(10)16)17-14(18)13-6-8-2-1-3-12(8)19-13/h4-7H,1-3H2,(H,17,18). The van der Waals surface area contributed by atoms with Gasteiger partial charge in [0.05, 0.1) is 9.90 Å². The molecule has 0 saturated heterocycles. The fourth-order valence-electron chi connectivity index (χ4n) is 2.21. The van der Waals surface area contributed by atoms with Crippen molar-refractivity contribution in [3.8, 4) is 0 Å². The Kier molecular flexibility index (Phi) is 3.29. The summed E-state index contributed by atoms with van der Waals surface area (Å²) in [4.78, 5) is 14.1. The Balaban J connectivity index is 1.78. The third-order valence-corrected chi connectivity index (χ3v) is 4.67. The summed E-state index contributed by atoms with van der Waals surface area (Å²) in [5.41, 5.74) is 1.79. The fourth-order valence-corrected chi connectivity index (χ4v) is 3.54. The molecule has 3 rings (SSSR count). The number of aryl methyl sites for hydroxylation is 2. The number of halogens is 2. The molecule has 1 N–H and O–H groups in total. The molecule has 0 fully saturated rings. The van der Waals surface area contributed by atoms with Crippen molar-refractivity contribution in [3.63, 3.8) is 0 Å². The minimum absolute atomic E-state index is 0.00599. The van der Waals surface area contributed by atoms with E-state index in [4.69, 9.17) is 11.6 Å². The molecule has 1 aliphatic rings. The van der Waals surface area contributed by atoms with Gasteiger partial charge in [-0.25, -0.2) is 4.39 Å². The number of carbonyl (C=O) groups excluding carboxylic acids is 1. The number of hydrogen-bond acceptors (Lipinski definition) is 2. The second-order valence-corrected chi connectivity index (χ2v) is 6.04. The van der Waals surface area contributed by atoms with E-state index in [9.17, 15) is 9.18 Å². The summed E-state index contributed by atoms with van der Waals surface area (Å²) in [6.07, 6.45) is 3.30. The van der Waals surface area contributed by atoms with Crippen LogP contribution in [0.15, 0.2) is 24.3 Å². The van der Waals surface area contributed by atoms with Gasteiger partial charge in [-0.3, -0.25) is 4.79 Å². The molecule has 2 nitrogen and oxygen atoms in total. The number of anilines is 1. The van der Waals surface area contributed by atoms with E-state index in [1.54, 1.807) is 0 Å². The summed E-state index contributed by atoms with van der Waals surface area (Å²) >= 11 is 7.22. The van der Waals surface area contributed by atoms with Crippen LogP contribution >= 0.6 is 22.9 Å². The van der Waals surface area contributed by atoms with Gasteiger partial charge in [-0.15, -0.1) is 11.3 Å². The highest BCUT2D eigenvalue weighted by molar-refractivity contribution is 7.14. The maximum Gasteiger partial charge on any atom is 0.265 e. The van der Waals surface area contributed by atoms with Crippen molar-refractivity contribution < 1.29 is 9.18 Å². The monoisotopic (exact) mass is 295 g/mol. The van der Waals surface area contributed by atoms with E-state index in [1.807, 2.05) is 6.07 Å². The molecule has 0 radical (unpaired) electrons. The third kappa shape index (κ3) is 2.51. The molecule has 1 aromatic heterocycles. The number of nitrogens with one attached hydrogen (secondary N) is 1. The highest BCUT2D eigenvalue weighted by atomic mass is 35.5. The van der Waals surface area contributed by atoms with Gasteiger partial charge in [0.25, 0.3) is 5.91 Å². The first kappa shape index (κ1) is 12.6. The van der Waals surface area contributed by atoms with Gasteiger partial charge >= 0.3 is 0 Å². The van der Waals surface area contributed by atoms with Crippen LogP contribution in [0.2, 0.25) is 5.02 Å². The lowest BCUT2D eigenvalue weighted by Crippen LogP contribution is -2.10. The average molecular weight is 296 g/mol. The first-order valence-corrected chi connectivity index (χ1v) is 7.21. The maximum absolute atomic E-state index is 13.0. The zero-order valence-electron chi connectivity index (χ0n) is 10.0. The first-order valence-electron chi connectivity index (χ1n) is 6.01. The Morgan fingerprint density at radius 3 is 2.89 bits per heavy atom. The summed E-state index contributed by atoms with van der Waals surface area (Å²) in [5.74, 6) is -0.656. The number of benzene rings is 1. The van der Waals surface area contributed by atoms with E-state index in [1.165, 1.54) is 46.4 Å². The summed E-state index contributed by atoms with van der Waals surface area (Å²) in [7, 11) is 0. The minimum Gasteiger partial charge on any atom is -0.321 e. The average Bonchev–Trinajstić information content (AvgIpc) is 2.94. The molecule has 0 bridgehead atoms. The highest BCUT2D eigenvalue weighted by Crippen LogP contribution is 2.31. The van der Waals surface area contributed by atoms with Crippen molar-refractivity contribution in [1.29, 1.82) is 0 Å². The third-order valence-electron chi connectivity index (χ3n) is 3.15. The second kappa shape index (κ2) is 4.94. The van der Waals surface area contributed by atoms with Gasteiger partial charge in [0, 0.05) is 10.6 Å². The molecule has 1 heterocycles. The molecule has 5 heteroatoms. The van der Waals surface area contributed by atoms with Crippen molar-refractivity contribution in [2.45, 2.75) is 19.3 Å². The molecule has 0 atom stereocenters. The summed E-state index contributed by atoms with van der Waals surface area (Å²) < 4.78 is 13.0. The van der Waals surface area contributed by atoms with Crippen molar-refractivity contribution in [1.82, 2.24) is 0 Å². The number of hydrogen-bond donors (Lipinski definition) is 1. The van der Waals surface area contributed by atoms with E-state index in [0.29, 0.717) is 10.6 Å². The van der Waals surface area contributed by atoms with Crippen LogP contribution in [0.1, 0.15) is 26.5 Å². The molecular formula is C14H11ClFNOS. The van der Waals surface area contributed by atoms with Crippen LogP contribution in [0.4, 0.5) is 10.1 Å². The Hall–Kier alpha value is -1.39. The molecule has 2 aromatic rings. The number of thiophene rings is 1. The highest BCUT2D eigenvalue weighted by Gasteiger charge is 2.18. The number of carbonyl (C=O) groups is 1. The summed E-state index contributed by atoms with van der Waals surface area (Å²) in [6, 6.07) is 6.11. The molecular weight excluding hydrogens is 285 g/mol. The zero-order chi connectivity index (χ0) is 13.4. The predicted molar refractivity (Wildman–Crippen MR) is 75.7 cm³/mol. The molecule has 0 saturated carbocycles. The fraction of sp³-hybridized carbons (Fsp3) is 0.214. The van der Waals surface area contributed by atoms with Crippen LogP contribution in [0.3, 0.4) is 0 Å². The Bertz CT molecular complexity index is 631. The van der Waals surface area contributed by atoms with Gasteiger partial charge in [-0.05, 0) is 49.1 Å². The lowest BCUT2D eigenvalue weighted by Gasteiger charge is -2.04. The molecule has 0 unspecified atom stereocenters. The number of fused-ring (bicyclic) bond motifs is 1. The molecule has 1 aliphatic carbocycles. The quantitative estimate of drug-likeness (QED) is 0.880. The van der Waals surface area contributed by atoms with Crippen LogP contribution in [0.25, 0.3) is 0 Å². The normalized spacial score (nSPS) is 13.4. The van der Waals surface area contributed by atoms with Gasteiger partial charge < -0.3 is 5.32 Å². The lowest BCUT2D eigenvalue weighted by molar-refractivity contribution is 0.103. The maximum atomic E-state index is 13.0. The van der Waals surface area contributed by atoms with Crippen molar-refractivity contribution >= 4 is 34.5 Å². The van der Waals surface area contributed by atoms with Gasteiger partial charge in [-0.2, -0.15) is 0 Å². The summed E-state index contributed by atoms with van der Waals surface area (Å²) in [6.45, 7) is 0. The van der Waals surface area contributed by atoms with Crippen molar-refractivity contribution in [2.24, 2.45) is 0 Å². The van der Waals surface area contributed by atoms with E-state index < -0.39 is 5.82 Å². The van der Waals surface area contributed by atoms with Crippen LogP contribution < -0.4 is 5.32 Å². The lowest BCUT2D eigenvalue weighted by atomic mass is 10.2. The van der Waals surface area contributed by atoms with Gasteiger partial charge in [0.15, 0.2) is 0 Å². The topological polar surface area (TPSA) is 29.1 Å². The van der Waals surface area contributed by atoms with E-state index in [-0.39, 0.29) is 10.9 Å². The molecule has 1 aromatic carbocycles. The van der Waals surface area contributed by atoms with Crippen LogP contribution in [-0.4, -0.2) is 5.91 Å². The van der Waals surface area contributed by atoms with E-state index in [2.05, 4.69) is 5.32 Å². The Morgan fingerprint density at radius 1 is 1.32 bits per heavy atom. The SMILES string of the molecule is O=C(Nc1ccc(F)c(Cl)c1)c1cc2c(s1)CCC2. The van der Waals surface area contributed by atoms with Crippen LogP contribution in [0.5, 0.6) is 0 Å². The van der Waals surface area contributed by atoms with Crippen LogP contribution in [-0.2, 0) is 12.8 Å². The van der Waals surface area contributed by atoms with E-state index in [0.717, 1.165) is 12.8 Å². The van der Waals surface area contributed by atoms with Gasteiger partial charge in [-0.1, -0.05) is 11.6 Å². The Morgan fingerprint density at radius 2 is 2.16 bits per heavy atom. The zero-order valence-corrected chi connectivity index (χ0v) is 11.6. The molecule has 0 spiro atoms. The van der Waals surface area contributed by atoms with E-state index >= 15 is 0 Å². The van der Waals surface area contributed by atoms with Gasteiger partial charge in [0.1, 0.15) is 5.82 Å². The number of rotatable bonds is 2. The predicted octanol–water partition coefficient (Wildman–Crippen LogP) is 4.28. The minimum atomic E-state index is -0.491. The van der Waals surface area contributed by atoms with Crippen molar-refractivity contribution in [2.75, 3.05) is 5.32 Å². The van der Waals surface area contributed by atoms with Crippen LogP contribution in [0, 0.1) is 5.82 Å². The first-order chi connectivity index (χ1) is 9.13. The largest absolute Gasteiger partial charge is 0.321 e. The van der Waals surface area contributed by atoms with Crippen molar-refractivity contribution in [3.05, 3.63) is 50.4 Å². The van der Waals surface area contributed by atoms with Gasteiger partial charge in [0.2, 0.25) is 0 Å². The number of amides is 1. The smallest absolute Gasteiger partial charge is 0.265 e. The molecule has 1 amide bonds. The Labute approximate surface area is 119 Å². The molecule has 19 heavy (non-hydrogen) atoms. The molecule has 0 aliphatic heterocycles. The molecule has 98 valence electrons. The summed E-state index contributed by atoms with van der Waals surface area (Å²) in [5, 5.41) is 2.74.